The van der Waals surface area contributed by atoms with E-state index in [4.69, 9.17) is 4.42 Å². The van der Waals surface area contributed by atoms with Crippen LogP contribution < -0.4 is 5.43 Å². The summed E-state index contributed by atoms with van der Waals surface area (Å²) in [7, 11) is 0. The van der Waals surface area contributed by atoms with Gasteiger partial charge in [0.25, 0.3) is 5.91 Å². The maximum absolute atomic E-state index is 13.1. The molecule has 0 spiro atoms. The number of likely N-dealkylation sites (tertiary alicyclic amines) is 1. The molecule has 2 heterocycles. The van der Waals surface area contributed by atoms with Gasteiger partial charge < -0.3 is 14.4 Å². The van der Waals surface area contributed by atoms with E-state index in [0.29, 0.717) is 18.7 Å². The van der Waals surface area contributed by atoms with Crippen molar-refractivity contribution in [2.24, 2.45) is 5.92 Å². The summed E-state index contributed by atoms with van der Waals surface area (Å²) in [4.78, 5) is 26.7. The summed E-state index contributed by atoms with van der Waals surface area (Å²) in [5, 5.41) is 11.6. The molecule has 4 rings (SSSR count). The molecule has 5 heteroatoms. The van der Waals surface area contributed by atoms with Crippen LogP contribution in [0.4, 0.5) is 0 Å². The molecule has 2 fully saturated rings. The molecule has 5 nitrogen and oxygen atoms in total. The zero-order valence-corrected chi connectivity index (χ0v) is 15.6. The Morgan fingerprint density at radius 3 is 2.67 bits per heavy atom. The maximum atomic E-state index is 13.1. The van der Waals surface area contributed by atoms with E-state index < -0.39 is 5.60 Å². The highest BCUT2D eigenvalue weighted by molar-refractivity contribution is 5.91. The number of hydrogen-bond acceptors (Lipinski definition) is 4. The summed E-state index contributed by atoms with van der Waals surface area (Å²) in [6.45, 7) is 2.12. The molecule has 2 aliphatic rings. The molecule has 1 aromatic carbocycles. The number of nitrogens with zero attached hydrogens (tertiary/aromatic N) is 1. The molecule has 0 radical (unpaired) electrons. The van der Waals surface area contributed by atoms with Crippen LogP contribution in [0.15, 0.2) is 51.7 Å². The maximum Gasteiger partial charge on any atom is 0.289 e. The number of fused-ring (bicyclic) bond motifs is 1. The van der Waals surface area contributed by atoms with Crippen LogP contribution in [0.1, 0.15) is 54.0 Å². The smallest absolute Gasteiger partial charge is 0.289 e. The Morgan fingerprint density at radius 2 is 1.93 bits per heavy atom. The van der Waals surface area contributed by atoms with E-state index in [1.54, 1.807) is 6.92 Å². The SMILES string of the molecule is Cc1cc(=O)cc(C(=O)N2CC[C@](O)(c3ccccc3)[C@@H]3CCCC[C@H]32)o1. The molecular formula is C22H25NO4. The number of benzene rings is 1. The average Bonchev–Trinajstić information content (AvgIpc) is 2.68. The lowest BCUT2D eigenvalue weighted by Gasteiger charge is -2.52. The number of piperidine rings is 1. The van der Waals surface area contributed by atoms with Gasteiger partial charge in [-0.05, 0) is 31.7 Å². The van der Waals surface area contributed by atoms with E-state index in [1.807, 2.05) is 35.2 Å². The Labute approximate surface area is 158 Å². The van der Waals surface area contributed by atoms with E-state index in [-0.39, 0.29) is 29.1 Å². The highest BCUT2D eigenvalue weighted by atomic mass is 16.3. The zero-order valence-electron chi connectivity index (χ0n) is 15.6. The fourth-order valence-corrected chi connectivity index (χ4v) is 4.87. The van der Waals surface area contributed by atoms with Crippen LogP contribution in [-0.2, 0) is 5.60 Å². The monoisotopic (exact) mass is 367 g/mol. The lowest BCUT2D eigenvalue weighted by molar-refractivity contribution is -0.110. The van der Waals surface area contributed by atoms with E-state index in [0.717, 1.165) is 31.2 Å². The number of amides is 1. The molecule has 1 saturated heterocycles. The van der Waals surface area contributed by atoms with Crippen molar-refractivity contribution < 1.29 is 14.3 Å². The summed E-state index contributed by atoms with van der Waals surface area (Å²) in [5.74, 6) is 0.268. The third-order valence-electron chi connectivity index (χ3n) is 6.11. The highest BCUT2D eigenvalue weighted by Gasteiger charge is 2.50. The van der Waals surface area contributed by atoms with Crippen LogP contribution in [0.2, 0.25) is 0 Å². The first-order valence-electron chi connectivity index (χ1n) is 9.70. The standard InChI is InChI=1S/C22H25NO4/c1-15-13-17(24)14-20(27-15)21(25)23-12-11-22(26,16-7-3-2-4-8-16)18-9-5-6-10-19(18)23/h2-4,7-8,13-14,18-19,26H,5-6,9-12H2,1H3/t18-,19-,22+/m1/s1. The summed E-state index contributed by atoms with van der Waals surface area (Å²) in [6.07, 6.45) is 4.32. The molecule has 27 heavy (non-hydrogen) atoms. The molecule has 1 aliphatic heterocycles. The fraction of sp³-hybridized carbons (Fsp3) is 0.455. The predicted molar refractivity (Wildman–Crippen MR) is 101 cm³/mol. The summed E-state index contributed by atoms with van der Waals surface area (Å²) >= 11 is 0. The van der Waals surface area contributed by atoms with Gasteiger partial charge in [-0.2, -0.15) is 0 Å². The normalized spacial score (nSPS) is 27.9. The van der Waals surface area contributed by atoms with Crippen LogP contribution >= 0.6 is 0 Å². The first kappa shape index (κ1) is 18.0. The van der Waals surface area contributed by atoms with Crippen LogP contribution in [0, 0.1) is 12.8 Å². The molecular weight excluding hydrogens is 342 g/mol. The van der Waals surface area contributed by atoms with Gasteiger partial charge in [-0.15, -0.1) is 0 Å². The van der Waals surface area contributed by atoms with Crippen molar-refractivity contribution in [3.05, 3.63) is 69.8 Å². The third kappa shape index (κ3) is 3.21. The number of carbonyl (C=O) groups excluding carboxylic acids is 1. The minimum Gasteiger partial charge on any atom is -0.456 e. The second-order valence-electron chi connectivity index (χ2n) is 7.77. The quantitative estimate of drug-likeness (QED) is 0.885. The minimum atomic E-state index is -0.920. The van der Waals surface area contributed by atoms with Crippen molar-refractivity contribution >= 4 is 5.91 Å². The van der Waals surface area contributed by atoms with Crippen molar-refractivity contribution in [3.63, 3.8) is 0 Å². The molecule has 142 valence electrons. The number of rotatable bonds is 2. The first-order valence-corrected chi connectivity index (χ1v) is 9.70. The Balaban J connectivity index is 1.67. The molecule has 1 saturated carbocycles. The number of aliphatic hydroxyl groups is 1. The zero-order chi connectivity index (χ0) is 19.0. The van der Waals surface area contributed by atoms with E-state index in [9.17, 15) is 14.7 Å². The largest absolute Gasteiger partial charge is 0.456 e. The van der Waals surface area contributed by atoms with Gasteiger partial charge in [0.05, 0.1) is 5.60 Å². The van der Waals surface area contributed by atoms with Gasteiger partial charge in [-0.1, -0.05) is 43.2 Å². The minimum absolute atomic E-state index is 0.0112. The van der Waals surface area contributed by atoms with Gasteiger partial charge in [-0.3, -0.25) is 9.59 Å². The molecule has 0 unspecified atom stereocenters. The van der Waals surface area contributed by atoms with Gasteiger partial charge in [0.1, 0.15) is 5.76 Å². The molecule has 2 aromatic rings. The Hall–Kier alpha value is -2.40. The Bertz CT molecular complexity index is 891. The van der Waals surface area contributed by atoms with E-state index in [2.05, 4.69) is 0 Å². The van der Waals surface area contributed by atoms with Crippen LogP contribution in [0.3, 0.4) is 0 Å². The topological polar surface area (TPSA) is 70.8 Å². The summed E-state index contributed by atoms with van der Waals surface area (Å²) < 4.78 is 5.54. The predicted octanol–water partition coefficient (Wildman–Crippen LogP) is 3.24. The highest BCUT2D eigenvalue weighted by Crippen LogP contribution is 2.47. The van der Waals surface area contributed by atoms with Crippen LogP contribution in [0.5, 0.6) is 0 Å². The third-order valence-corrected chi connectivity index (χ3v) is 6.11. The van der Waals surface area contributed by atoms with Crippen molar-refractivity contribution in [1.29, 1.82) is 0 Å². The Kier molecular flexibility index (Phi) is 4.64. The van der Waals surface area contributed by atoms with Crippen LogP contribution in [-0.4, -0.2) is 28.5 Å². The molecule has 1 N–H and O–H groups in total. The second kappa shape index (κ2) is 6.97. The molecule has 3 atom stereocenters. The fourth-order valence-electron chi connectivity index (χ4n) is 4.87. The van der Waals surface area contributed by atoms with Crippen molar-refractivity contribution in [3.8, 4) is 0 Å². The average molecular weight is 367 g/mol. The van der Waals surface area contributed by atoms with Gasteiger partial charge in [0.2, 0.25) is 0 Å². The summed E-state index contributed by atoms with van der Waals surface area (Å²) in [5.41, 5.74) is -0.215. The molecule has 1 amide bonds. The number of hydrogen-bond donors (Lipinski definition) is 1. The van der Waals surface area contributed by atoms with Gasteiger partial charge >= 0.3 is 0 Å². The van der Waals surface area contributed by atoms with E-state index >= 15 is 0 Å². The van der Waals surface area contributed by atoms with Crippen LogP contribution in [0.25, 0.3) is 0 Å². The second-order valence-corrected chi connectivity index (χ2v) is 7.77. The molecule has 1 aliphatic carbocycles. The van der Waals surface area contributed by atoms with E-state index in [1.165, 1.54) is 12.1 Å². The van der Waals surface area contributed by atoms with Gasteiger partial charge in [-0.25, -0.2) is 0 Å². The van der Waals surface area contributed by atoms with Gasteiger partial charge in [0.15, 0.2) is 11.2 Å². The number of aryl methyl sites for hydroxylation is 1. The first-order chi connectivity index (χ1) is 13.0. The molecule has 0 bridgehead atoms. The molecule has 1 aromatic heterocycles. The summed E-state index contributed by atoms with van der Waals surface area (Å²) in [6, 6.07) is 12.4. The van der Waals surface area contributed by atoms with Gasteiger partial charge in [0, 0.05) is 30.6 Å². The lowest BCUT2D eigenvalue weighted by Crippen LogP contribution is -2.59. The Morgan fingerprint density at radius 1 is 1.19 bits per heavy atom. The van der Waals surface area contributed by atoms with Crippen molar-refractivity contribution in [2.45, 2.75) is 50.7 Å². The lowest BCUT2D eigenvalue weighted by atomic mass is 9.66. The van der Waals surface area contributed by atoms with Crippen molar-refractivity contribution in [1.82, 2.24) is 4.90 Å². The van der Waals surface area contributed by atoms with Crippen molar-refractivity contribution in [2.75, 3.05) is 6.54 Å². The number of carbonyl (C=O) groups is 1.